The van der Waals surface area contributed by atoms with Gasteiger partial charge in [0.05, 0.1) is 5.56 Å². The molecule has 0 amide bonds. The van der Waals surface area contributed by atoms with E-state index in [0.717, 1.165) is 5.56 Å². The SMILES string of the molecule is NCc1c(-c2ccccc2)noc1O. The summed E-state index contributed by atoms with van der Waals surface area (Å²) in [5.74, 6) is -0.202. The second kappa shape index (κ2) is 3.51. The molecule has 2 rings (SSSR count). The highest BCUT2D eigenvalue weighted by molar-refractivity contribution is 5.64. The fourth-order valence-corrected chi connectivity index (χ4v) is 1.31. The van der Waals surface area contributed by atoms with Gasteiger partial charge in [-0.25, -0.2) is 0 Å². The van der Waals surface area contributed by atoms with Crippen LogP contribution in [0.5, 0.6) is 5.95 Å². The number of rotatable bonds is 2. The molecule has 0 unspecified atom stereocenters. The Bertz CT molecular complexity index is 423. The lowest BCUT2D eigenvalue weighted by atomic mass is 10.1. The van der Waals surface area contributed by atoms with E-state index in [1.807, 2.05) is 30.3 Å². The lowest BCUT2D eigenvalue weighted by molar-refractivity contribution is 0.276. The highest BCUT2D eigenvalue weighted by Crippen LogP contribution is 2.28. The Morgan fingerprint density at radius 3 is 2.64 bits per heavy atom. The maximum Gasteiger partial charge on any atom is 0.313 e. The van der Waals surface area contributed by atoms with E-state index in [1.165, 1.54) is 0 Å². The highest BCUT2D eigenvalue weighted by Gasteiger charge is 2.14. The summed E-state index contributed by atoms with van der Waals surface area (Å²) in [6.45, 7) is 0.208. The van der Waals surface area contributed by atoms with Crippen LogP contribution in [-0.4, -0.2) is 10.3 Å². The summed E-state index contributed by atoms with van der Waals surface area (Å²) < 4.78 is 4.67. The lowest BCUT2D eigenvalue weighted by Gasteiger charge is -1.97. The summed E-state index contributed by atoms with van der Waals surface area (Å²) in [4.78, 5) is 0. The number of aromatic hydroxyl groups is 1. The molecule has 0 saturated heterocycles. The van der Waals surface area contributed by atoms with Crippen LogP contribution in [0.1, 0.15) is 5.56 Å². The van der Waals surface area contributed by atoms with Crippen LogP contribution in [0.25, 0.3) is 11.3 Å². The molecule has 4 nitrogen and oxygen atoms in total. The monoisotopic (exact) mass is 190 g/mol. The zero-order chi connectivity index (χ0) is 9.97. The zero-order valence-electron chi connectivity index (χ0n) is 7.47. The summed E-state index contributed by atoms with van der Waals surface area (Å²) in [6, 6.07) is 9.46. The fraction of sp³-hybridized carbons (Fsp3) is 0.100. The van der Waals surface area contributed by atoms with Gasteiger partial charge in [-0.05, 0) is 0 Å². The van der Waals surface area contributed by atoms with Crippen LogP contribution < -0.4 is 5.73 Å². The second-order valence-electron chi connectivity index (χ2n) is 2.89. The van der Waals surface area contributed by atoms with Gasteiger partial charge >= 0.3 is 5.95 Å². The van der Waals surface area contributed by atoms with Crippen LogP contribution in [0.2, 0.25) is 0 Å². The van der Waals surface area contributed by atoms with Crippen molar-refractivity contribution in [1.29, 1.82) is 0 Å². The number of benzene rings is 1. The minimum Gasteiger partial charge on any atom is -0.479 e. The first-order chi connectivity index (χ1) is 6.83. The summed E-state index contributed by atoms with van der Waals surface area (Å²) in [5, 5.41) is 13.0. The predicted molar refractivity (Wildman–Crippen MR) is 51.5 cm³/mol. The van der Waals surface area contributed by atoms with Crippen molar-refractivity contribution in [2.75, 3.05) is 0 Å². The minimum absolute atomic E-state index is 0.202. The average molecular weight is 190 g/mol. The molecule has 0 saturated carbocycles. The Morgan fingerprint density at radius 1 is 1.29 bits per heavy atom. The van der Waals surface area contributed by atoms with Crippen LogP contribution in [0.3, 0.4) is 0 Å². The molecule has 0 fully saturated rings. The van der Waals surface area contributed by atoms with Crippen LogP contribution >= 0.6 is 0 Å². The Morgan fingerprint density at radius 2 is 2.00 bits per heavy atom. The molecule has 4 heteroatoms. The third kappa shape index (κ3) is 1.36. The third-order valence-corrected chi connectivity index (χ3v) is 2.02. The molecule has 3 N–H and O–H groups in total. The first kappa shape index (κ1) is 8.77. The Balaban J connectivity index is 2.52. The van der Waals surface area contributed by atoms with Gasteiger partial charge in [-0.15, -0.1) is 0 Å². The van der Waals surface area contributed by atoms with Gasteiger partial charge in [0.2, 0.25) is 0 Å². The number of nitrogens with two attached hydrogens (primary N) is 1. The zero-order valence-corrected chi connectivity index (χ0v) is 7.47. The quantitative estimate of drug-likeness (QED) is 0.752. The Labute approximate surface area is 81.0 Å². The van der Waals surface area contributed by atoms with Gasteiger partial charge in [-0.3, -0.25) is 0 Å². The summed E-state index contributed by atoms with van der Waals surface area (Å²) in [7, 11) is 0. The Kier molecular flexibility index (Phi) is 2.20. The van der Waals surface area contributed by atoms with E-state index in [9.17, 15) is 5.11 Å². The fourth-order valence-electron chi connectivity index (χ4n) is 1.31. The molecule has 0 aliphatic rings. The maximum atomic E-state index is 9.28. The molecule has 0 aliphatic carbocycles. The first-order valence-electron chi connectivity index (χ1n) is 4.26. The van der Waals surface area contributed by atoms with Crippen LogP contribution in [0.15, 0.2) is 34.9 Å². The van der Waals surface area contributed by atoms with Gasteiger partial charge in [-0.2, -0.15) is 0 Å². The molecule has 72 valence electrons. The molecule has 1 aromatic heterocycles. The molecule has 0 aliphatic heterocycles. The molecular formula is C10H10N2O2. The Hall–Kier alpha value is -1.81. The van der Waals surface area contributed by atoms with Gasteiger partial charge in [-0.1, -0.05) is 35.5 Å². The lowest BCUT2D eigenvalue weighted by Crippen LogP contribution is -1.96. The first-order valence-corrected chi connectivity index (χ1v) is 4.26. The van der Waals surface area contributed by atoms with Gasteiger partial charge in [0.15, 0.2) is 0 Å². The highest BCUT2D eigenvalue weighted by atomic mass is 16.5. The molecule has 1 aromatic carbocycles. The average Bonchev–Trinajstić information content (AvgIpc) is 2.61. The number of hydrogen-bond donors (Lipinski definition) is 2. The largest absolute Gasteiger partial charge is 0.479 e. The van der Waals surface area contributed by atoms with Gasteiger partial charge in [0.25, 0.3) is 0 Å². The van der Waals surface area contributed by atoms with Gasteiger partial charge < -0.3 is 15.4 Å². The van der Waals surface area contributed by atoms with E-state index in [2.05, 4.69) is 9.68 Å². The standard InChI is InChI=1S/C10H10N2O2/c11-6-8-9(12-14-10(8)13)7-4-2-1-3-5-7/h1-5,13H,6,11H2. The second-order valence-corrected chi connectivity index (χ2v) is 2.89. The number of nitrogens with zero attached hydrogens (tertiary/aromatic N) is 1. The number of aromatic nitrogens is 1. The van der Waals surface area contributed by atoms with Crippen LogP contribution in [0.4, 0.5) is 0 Å². The molecule has 14 heavy (non-hydrogen) atoms. The molecule has 0 bridgehead atoms. The van der Waals surface area contributed by atoms with Crippen molar-refractivity contribution in [2.24, 2.45) is 5.73 Å². The summed E-state index contributed by atoms with van der Waals surface area (Å²) in [5.41, 5.74) is 7.50. The smallest absolute Gasteiger partial charge is 0.313 e. The van der Waals surface area contributed by atoms with Crippen molar-refractivity contribution in [2.45, 2.75) is 6.54 Å². The van der Waals surface area contributed by atoms with Gasteiger partial charge in [0, 0.05) is 12.1 Å². The van der Waals surface area contributed by atoms with E-state index in [1.54, 1.807) is 0 Å². The normalized spacial score (nSPS) is 10.4. The van der Waals surface area contributed by atoms with E-state index < -0.39 is 0 Å². The van der Waals surface area contributed by atoms with Crippen molar-refractivity contribution in [3.8, 4) is 17.2 Å². The predicted octanol–water partition coefficient (Wildman–Crippen LogP) is 1.51. The molecule has 0 radical (unpaired) electrons. The van der Waals surface area contributed by atoms with Gasteiger partial charge in [0.1, 0.15) is 5.69 Å². The van der Waals surface area contributed by atoms with E-state index in [4.69, 9.17) is 5.73 Å². The topological polar surface area (TPSA) is 72.3 Å². The van der Waals surface area contributed by atoms with Crippen molar-refractivity contribution in [3.63, 3.8) is 0 Å². The van der Waals surface area contributed by atoms with Crippen molar-refractivity contribution in [3.05, 3.63) is 35.9 Å². The number of hydrogen-bond acceptors (Lipinski definition) is 4. The van der Waals surface area contributed by atoms with Crippen LogP contribution in [0, 0.1) is 0 Å². The molecule has 1 heterocycles. The molecular weight excluding hydrogens is 180 g/mol. The van der Waals surface area contributed by atoms with E-state index >= 15 is 0 Å². The third-order valence-electron chi connectivity index (χ3n) is 2.02. The van der Waals surface area contributed by atoms with Crippen molar-refractivity contribution in [1.82, 2.24) is 5.16 Å². The van der Waals surface area contributed by atoms with Crippen molar-refractivity contribution < 1.29 is 9.63 Å². The minimum atomic E-state index is -0.202. The summed E-state index contributed by atoms with van der Waals surface area (Å²) >= 11 is 0. The van der Waals surface area contributed by atoms with Crippen molar-refractivity contribution >= 4 is 0 Å². The van der Waals surface area contributed by atoms with E-state index in [0.29, 0.717) is 11.3 Å². The van der Waals surface area contributed by atoms with E-state index in [-0.39, 0.29) is 12.5 Å². The summed E-state index contributed by atoms with van der Waals surface area (Å²) in [6.07, 6.45) is 0. The molecule has 0 spiro atoms. The van der Waals surface area contributed by atoms with Crippen LogP contribution in [-0.2, 0) is 6.54 Å². The molecule has 2 aromatic rings. The molecule has 0 atom stereocenters. The maximum absolute atomic E-state index is 9.28.